The normalized spacial score (nSPS) is 19.7. The van der Waals surface area contributed by atoms with Gasteiger partial charge < -0.3 is 15.0 Å². The lowest BCUT2D eigenvalue weighted by atomic mass is 9.88. The number of piperidine rings is 1. The molecule has 0 bridgehead atoms. The van der Waals surface area contributed by atoms with Gasteiger partial charge >= 0.3 is 0 Å². The Bertz CT molecular complexity index is 1250. The lowest BCUT2D eigenvalue weighted by Crippen LogP contribution is -2.37. The highest BCUT2D eigenvalue weighted by molar-refractivity contribution is 5.95. The molecule has 3 aromatic carbocycles. The molecule has 2 atom stereocenters. The number of amides is 2. The van der Waals surface area contributed by atoms with E-state index in [1.54, 1.807) is 19.2 Å². The van der Waals surface area contributed by atoms with Gasteiger partial charge in [0.1, 0.15) is 23.6 Å². The summed E-state index contributed by atoms with van der Waals surface area (Å²) < 4.78 is 19.6. The molecule has 0 aliphatic carbocycles. The van der Waals surface area contributed by atoms with E-state index < -0.39 is 12.0 Å². The topological polar surface area (TPSA) is 58.6 Å². The maximum absolute atomic E-state index is 13.5. The lowest BCUT2D eigenvalue weighted by molar-refractivity contribution is -0.123. The van der Waals surface area contributed by atoms with Gasteiger partial charge in [0.25, 0.3) is 5.91 Å². The summed E-state index contributed by atoms with van der Waals surface area (Å²) in [4.78, 5) is 27.9. The van der Waals surface area contributed by atoms with E-state index in [1.807, 2.05) is 47.4 Å². The van der Waals surface area contributed by atoms with Crippen LogP contribution in [0.2, 0.25) is 0 Å². The second kappa shape index (κ2) is 9.53. The first kappa shape index (κ1) is 23.1. The Kier molecular flexibility index (Phi) is 6.29. The number of rotatable bonds is 4. The molecule has 0 saturated carbocycles. The van der Waals surface area contributed by atoms with Crippen LogP contribution in [0.1, 0.15) is 53.3 Å². The zero-order valence-corrected chi connectivity index (χ0v) is 20.0. The van der Waals surface area contributed by atoms with Gasteiger partial charge in [0.05, 0.1) is 0 Å². The highest BCUT2D eigenvalue weighted by Crippen LogP contribution is 2.47. The molecule has 2 heterocycles. The van der Waals surface area contributed by atoms with E-state index in [-0.39, 0.29) is 17.6 Å². The molecule has 5 rings (SSSR count). The van der Waals surface area contributed by atoms with Crippen LogP contribution in [0.3, 0.4) is 0 Å². The predicted octanol–water partition coefficient (Wildman–Crippen LogP) is 5.33. The molecular weight excluding hydrogens is 443 g/mol. The van der Waals surface area contributed by atoms with E-state index in [0.717, 1.165) is 48.2 Å². The third-order valence-electron chi connectivity index (χ3n) is 7.14. The van der Waals surface area contributed by atoms with Crippen LogP contribution in [0.4, 0.5) is 4.39 Å². The van der Waals surface area contributed by atoms with Crippen LogP contribution in [0.25, 0.3) is 11.1 Å². The van der Waals surface area contributed by atoms with Gasteiger partial charge in [0, 0.05) is 31.3 Å². The van der Waals surface area contributed by atoms with Crippen LogP contribution in [0.15, 0.2) is 66.7 Å². The fraction of sp³-hybridized carbons (Fsp3) is 0.310. The van der Waals surface area contributed by atoms with Gasteiger partial charge in [-0.05, 0) is 71.8 Å². The van der Waals surface area contributed by atoms with Crippen molar-refractivity contribution in [1.29, 1.82) is 0 Å². The molecular formula is C29H29FN2O3. The SMILES string of the molecule is CNC(=O)C1c2cc(-c3cccc(C(=O)N4CCC(C)CC4)c3)ccc2OC1c1ccc(F)cc1. The molecule has 2 aliphatic rings. The number of carbonyl (C=O) groups excluding carboxylic acids is 2. The van der Waals surface area contributed by atoms with Crippen LogP contribution in [-0.2, 0) is 4.79 Å². The van der Waals surface area contributed by atoms with Crippen LogP contribution in [0, 0.1) is 11.7 Å². The molecule has 180 valence electrons. The smallest absolute Gasteiger partial charge is 0.253 e. The number of hydrogen-bond acceptors (Lipinski definition) is 3. The predicted molar refractivity (Wildman–Crippen MR) is 133 cm³/mol. The number of nitrogens with one attached hydrogen (secondary N) is 1. The fourth-order valence-electron chi connectivity index (χ4n) is 5.02. The zero-order chi connectivity index (χ0) is 24.5. The van der Waals surface area contributed by atoms with Crippen LogP contribution >= 0.6 is 0 Å². The molecule has 1 saturated heterocycles. The number of benzene rings is 3. The Balaban J connectivity index is 1.46. The highest BCUT2D eigenvalue weighted by Gasteiger charge is 2.40. The molecule has 1 fully saturated rings. The average molecular weight is 473 g/mol. The van der Waals surface area contributed by atoms with Crippen molar-refractivity contribution in [1.82, 2.24) is 10.2 Å². The molecule has 0 spiro atoms. The van der Waals surface area contributed by atoms with E-state index in [2.05, 4.69) is 12.2 Å². The maximum Gasteiger partial charge on any atom is 0.253 e. The van der Waals surface area contributed by atoms with Crippen LogP contribution in [0.5, 0.6) is 5.75 Å². The molecule has 2 aliphatic heterocycles. The van der Waals surface area contributed by atoms with Gasteiger partial charge in [-0.2, -0.15) is 0 Å². The van der Waals surface area contributed by atoms with Crippen molar-refractivity contribution in [2.45, 2.75) is 31.8 Å². The summed E-state index contributed by atoms with van der Waals surface area (Å²) in [5, 5.41) is 2.74. The monoisotopic (exact) mass is 472 g/mol. The standard InChI is InChI=1S/C29H29FN2O3/c1-18-12-14-32(15-13-18)29(34)22-5-3-4-20(16-22)21-8-11-25-24(17-21)26(28(33)31-2)27(35-25)19-6-9-23(30)10-7-19/h3-11,16-18,26-27H,12-15H2,1-2H3,(H,31,33). The first-order valence-electron chi connectivity index (χ1n) is 12.1. The molecule has 5 nitrogen and oxygen atoms in total. The largest absolute Gasteiger partial charge is 0.484 e. The third-order valence-corrected chi connectivity index (χ3v) is 7.14. The van der Waals surface area contributed by atoms with Gasteiger partial charge in [-0.25, -0.2) is 4.39 Å². The molecule has 3 aromatic rings. The Morgan fingerprint density at radius 2 is 1.69 bits per heavy atom. The van der Waals surface area contributed by atoms with Crippen molar-refractivity contribution in [3.63, 3.8) is 0 Å². The maximum atomic E-state index is 13.5. The fourth-order valence-corrected chi connectivity index (χ4v) is 5.02. The summed E-state index contributed by atoms with van der Waals surface area (Å²) in [6.45, 7) is 3.81. The first-order valence-corrected chi connectivity index (χ1v) is 12.1. The number of ether oxygens (including phenoxy) is 1. The van der Waals surface area contributed by atoms with Gasteiger partial charge in [-0.15, -0.1) is 0 Å². The van der Waals surface area contributed by atoms with Crippen molar-refractivity contribution in [2.75, 3.05) is 20.1 Å². The Hall–Kier alpha value is -3.67. The van der Waals surface area contributed by atoms with Gasteiger partial charge in [-0.1, -0.05) is 37.3 Å². The molecule has 2 unspecified atom stereocenters. The Morgan fingerprint density at radius 1 is 0.971 bits per heavy atom. The minimum Gasteiger partial charge on any atom is -0.484 e. The van der Waals surface area contributed by atoms with Crippen molar-refractivity contribution in [3.8, 4) is 16.9 Å². The van der Waals surface area contributed by atoms with E-state index in [1.165, 1.54) is 12.1 Å². The van der Waals surface area contributed by atoms with Crippen LogP contribution < -0.4 is 10.1 Å². The average Bonchev–Trinajstić information content (AvgIpc) is 3.27. The number of carbonyl (C=O) groups is 2. The third kappa shape index (κ3) is 4.53. The van der Waals surface area contributed by atoms with Gasteiger partial charge in [-0.3, -0.25) is 9.59 Å². The van der Waals surface area contributed by atoms with Gasteiger partial charge in [0.2, 0.25) is 5.91 Å². The second-order valence-electron chi connectivity index (χ2n) is 9.49. The number of fused-ring (bicyclic) bond motifs is 1. The summed E-state index contributed by atoms with van der Waals surface area (Å²) in [5.41, 5.74) is 3.99. The van der Waals surface area contributed by atoms with Crippen molar-refractivity contribution in [2.24, 2.45) is 5.92 Å². The Labute approximate surface area is 204 Å². The second-order valence-corrected chi connectivity index (χ2v) is 9.49. The molecule has 0 radical (unpaired) electrons. The molecule has 35 heavy (non-hydrogen) atoms. The summed E-state index contributed by atoms with van der Waals surface area (Å²) in [7, 11) is 1.60. The van der Waals surface area contributed by atoms with E-state index in [9.17, 15) is 14.0 Å². The van der Waals surface area contributed by atoms with Crippen molar-refractivity contribution in [3.05, 3.63) is 89.2 Å². The summed E-state index contributed by atoms with van der Waals surface area (Å²) in [5.74, 6) is 0.274. The van der Waals surface area contributed by atoms with E-state index in [0.29, 0.717) is 17.2 Å². The Morgan fingerprint density at radius 3 is 2.40 bits per heavy atom. The summed E-state index contributed by atoms with van der Waals surface area (Å²) in [6, 6.07) is 19.5. The van der Waals surface area contributed by atoms with Gasteiger partial charge in [0.15, 0.2) is 0 Å². The van der Waals surface area contributed by atoms with E-state index >= 15 is 0 Å². The first-order chi connectivity index (χ1) is 16.9. The number of likely N-dealkylation sites (tertiary alicyclic amines) is 1. The number of nitrogens with zero attached hydrogens (tertiary/aromatic N) is 1. The minimum atomic E-state index is -0.569. The number of halogens is 1. The summed E-state index contributed by atoms with van der Waals surface area (Å²) >= 11 is 0. The zero-order valence-electron chi connectivity index (χ0n) is 20.0. The van der Waals surface area contributed by atoms with Crippen LogP contribution in [-0.4, -0.2) is 36.9 Å². The van der Waals surface area contributed by atoms with Crippen molar-refractivity contribution < 1.29 is 18.7 Å². The lowest BCUT2D eigenvalue weighted by Gasteiger charge is -2.30. The number of hydrogen-bond donors (Lipinski definition) is 1. The molecule has 6 heteroatoms. The number of likely N-dealkylation sites (N-methyl/N-ethyl adjacent to an activating group) is 1. The molecule has 1 N–H and O–H groups in total. The molecule has 2 amide bonds. The minimum absolute atomic E-state index is 0.0582. The van der Waals surface area contributed by atoms with Crippen molar-refractivity contribution >= 4 is 11.8 Å². The summed E-state index contributed by atoms with van der Waals surface area (Å²) in [6.07, 6.45) is 1.52. The quantitative estimate of drug-likeness (QED) is 0.559. The molecule has 0 aromatic heterocycles. The highest BCUT2D eigenvalue weighted by atomic mass is 19.1. The van der Waals surface area contributed by atoms with E-state index in [4.69, 9.17) is 4.74 Å².